The first kappa shape index (κ1) is 13.1. The topological polar surface area (TPSA) is 73.2 Å². The highest BCUT2D eigenvalue weighted by Crippen LogP contribution is 2.30. The Balaban J connectivity index is 2.07. The first-order chi connectivity index (χ1) is 10.1. The van der Waals surface area contributed by atoms with Crippen LogP contribution in [0.25, 0.3) is 10.8 Å². The molecule has 0 saturated carbocycles. The number of imide groups is 1. The average molecular weight is 279 g/mol. The van der Waals surface area contributed by atoms with Gasteiger partial charge in [-0.05, 0) is 29.3 Å². The van der Waals surface area contributed by atoms with Crippen LogP contribution in [-0.4, -0.2) is 23.4 Å². The van der Waals surface area contributed by atoms with Crippen LogP contribution in [0.5, 0.6) is 0 Å². The van der Waals surface area contributed by atoms with Gasteiger partial charge in [0.2, 0.25) is 0 Å². The molecule has 21 heavy (non-hydrogen) atoms. The molecule has 1 fully saturated rings. The molecular formula is C16H13N3O2. The summed E-state index contributed by atoms with van der Waals surface area (Å²) in [6, 6.07) is 14.8. The third-order valence-corrected chi connectivity index (χ3v) is 3.83. The van der Waals surface area contributed by atoms with Crippen LogP contribution in [0, 0.1) is 11.3 Å². The van der Waals surface area contributed by atoms with Crippen LogP contribution in [0.2, 0.25) is 0 Å². The molecule has 0 aromatic heterocycles. The van der Waals surface area contributed by atoms with E-state index in [0.717, 1.165) is 15.7 Å². The van der Waals surface area contributed by atoms with E-state index >= 15 is 0 Å². The number of carbonyl (C=O) groups excluding carboxylic acids is 2. The second-order valence-electron chi connectivity index (χ2n) is 5.17. The van der Waals surface area contributed by atoms with E-state index < -0.39 is 17.5 Å². The maximum atomic E-state index is 12.5. The number of fused-ring (bicyclic) bond motifs is 1. The number of rotatable bonds is 2. The molecule has 1 aliphatic heterocycles. The molecule has 5 heteroatoms. The standard InChI is InChI=1S/C16H13N3O2/c1-16(14(20)19(9-8-17)15(21)18-16)13-7-6-11-4-2-3-5-12(11)10-13/h2-7,10H,9H2,1H3,(H,18,21)/t16-/m0/s1. The van der Waals surface area contributed by atoms with Gasteiger partial charge in [-0.3, -0.25) is 4.79 Å². The van der Waals surface area contributed by atoms with Gasteiger partial charge in [0, 0.05) is 0 Å². The van der Waals surface area contributed by atoms with E-state index in [1.54, 1.807) is 6.92 Å². The van der Waals surface area contributed by atoms with Crippen molar-refractivity contribution in [3.63, 3.8) is 0 Å². The van der Waals surface area contributed by atoms with Crippen molar-refractivity contribution >= 4 is 22.7 Å². The molecule has 1 atom stereocenters. The van der Waals surface area contributed by atoms with E-state index in [9.17, 15) is 9.59 Å². The Morgan fingerprint density at radius 2 is 1.90 bits per heavy atom. The number of carbonyl (C=O) groups is 2. The molecule has 1 saturated heterocycles. The third kappa shape index (κ3) is 1.93. The van der Waals surface area contributed by atoms with Crippen LogP contribution in [0.15, 0.2) is 42.5 Å². The van der Waals surface area contributed by atoms with Crippen LogP contribution in [-0.2, 0) is 10.3 Å². The van der Waals surface area contributed by atoms with Gasteiger partial charge in [-0.1, -0.05) is 36.4 Å². The zero-order valence-corrected chi connectivity index (χ0v) is 11.5. The molecule has 0 aliphatic carbocycles. The SMILES string of the molecule is C[C@@]1(c2ccc3ccccc3c2)NC(=O)N(CC#N)C1=O. The zero-order chi connectivity index (χ0) is 15.0. The Bertz CT molecular complexity index is 793. The Morgan fingerprint density at radius 3 is 2.62 bits per heavy atom. The van der Waals surface area contributed by atoms with Crippen LogP contribution in [0.4, 0.5) is 4.79 Å². The molecule has 0 spiro atoms. The fourth-order valence-electron chi connectivity index (χ4n) is 2.61. The minimum atomic E-state index is -1.13. The minimum Gasteiger partial charge on any atom is -0.319 e. The van der Waals surface area contributed by atoms with Crippen molar-refractivity contribution in [1.82, 2.24) is 10.2 Å². The maximum Gasteiger partial charge on any atom is 0.326 e. The van der Waals surface area contributed by atoms with Gasteiger partial charge in [-0.25, -0.2) is 9.69 Å². The average Bonchev–Trinajstić information content (AvgIpc) is 2.71. The molecular weight excluding hydrogens is 266 g/mol. The van der Waals surface area contributed by atoms with Crippen molar-refractivity contribution in [2.75, 3.05) is 6.54 Å². The van der Waals surface area contributed by atoms with Crippen LogP contribution in [0.3, 0.4) is 0 Å². The zero-order valence-electron chi connectivity index (χ0n) is 11.5. The smallest absolute Gasteiger partial charge is 0.319 e. The second kappa shape index (κ2) is 4.60. The highest BCUT2D eigenvalue weighted by molar-refractivity contribution is 6.07. The van der Waals surface area contributed by atoms with Crippen LogP contribution in [0.1, 0.15) is 12.5 Å². The van der Waals surface area contributed by atoms with Crippen molar-refractivity contribution in [3.05, 3.63) is 48.0 Å². The van der Waals surface area contributed by atoms with Gasteiger partial charge in [-0.2, -0.15) is 5.26 Å². The lowest BCUT2D eigenvalue weighted by molar-refractivity contribution is -0.130. The summed E-state index contributed by atoms with van der Waals surface area (Å²) in [5.41, 5.74) is -0.419. The van der Waals surface area contributed by atoms with Gasteiger partial charge < -0.3 is 5.32 Å². The number of nitriles is 1. The first-order valence-electron chi connectivity index (χ1n) is 6.56. The Morgan fingerprint density at radius 1 is 1.19 bits per heavy atom. The van der Waals surface area contributed by atoms with Crippen LogP contribution >= 0.6 is 0 Å². The monoisotopic (exact) mass is 279 g/mol. The van der Waals surface area contributed by atoms with E-state index in [1.807, 2.05) is 48.5 Å². The Kier molecular flexibility index (Phi) is 2.88. The molecule has 0 radical (unpaired) electrons. The summed E-state index contributed by atoms with van der Waals surface area (Å²) in [4.78, 5) is 25.3. The van der Waals surface area contributed by atoms with Gasteiger partial charge in [0.05, 0.1) is 6.07 Å². The summed E-state index contributed by atoms with van der Waals surface area (Å²) in [5, 5.41) is 13.5. The Hall–Kier alpha value is -2.87. The largest absolute Gasteiger partial charge is 0.326 e. The number of amides is 3. The lowest BCUT2D eigenvalue weighted by Crippen LogP contribution is -2.40. The van der Waals surface area contributed by atoms with Crippen molar-refractivity contribution in [1.29, 1.82) is 5.26 Å². The summed E-state index contributed by atoms with van der Waals surface area (Å²) in [6.45, 7) is 1.42. The summed E-state index contributed by atoms with van der Waals surface area (Å²) in [5.74, 6) is -0.399. The van der Waals surface area contributed by atoms with Crippen molar-refractivity contribution in [2.24, 2.45) is 0 Å². The summed E-state index contributed by atoms with van der Waals surface area (Å²) in [7, 11) is 0. The fourth-order valence-corrected chi connectivity index (χ4v) is 2.61. The normalized spacial score (nSPS) is 21.4. The lowest BCUT2D eigenvalue weighted by Gasteiger charge is -2.22. The molecule has 1 heterocycles. The maximum absolute atomic E-state index is 12.5. The molecule has 104 valence electrons. The number of benzene rings is 2. The molecule has 1 aliphatic rings. The molecule has 2 aromatic carbocycles. The number of nitrogens with one attached hydrogen (secondary N) is 1. The van der Waals surface area contributed by atoms with Gasteiger partial charge in [0.1, 0.15) is 12.1 Å². The van der Waals surface area contributed by atoms with Crippen molar-refractivity contribution < 1.29 is 9.59 Å². The molecule has 3 amide bonds. The molecule has 2 aromatic rings. The first-order valence-corrected chi connectivity index (χ1v) is 6.56. The van der Waals surface area contributed by atoms with Gasteiger partial charge in [-0.15, -0.1) is 0 Å². The molecule has 5 nitrogen and oxygen atoms in total. The predicted octanol–water partition coefficient (Wildman–Crippen LogP) is 2.13. The summed E-state index contributed by atoms with van der Waals surface area (Å²) < 4.78 is 0. The predicted molar refractivity (Wildman–Crippen MR) is 77.2 cm³/mol. The summed E-state index contributed by atoms with van der Waals surface area (Å²) in [6.07, 6.45) is 0. The number of urea groups is 1. The number of nitrogens with zero attached hydrogens (tertiary/aromatic N) is 2. The highest BCUT2D eigenvalue weighted by atomic mass is 16.2. The van der Waals surface area contributed by atoms with E-state index in [4.69, 9.17) is 5.26 Å². The van der Waals surface area contributed by atoms with E-state index in [1.165, 1.54) is 0 Å². The van der Waals surface area contributed by atoms with E-state index in [2.05, 4.69) is 5.32 Å². The second-order valence-corrected chi connectivity index (χ2v) is 5.17. The van der Waals surface area contributed by atoms with E-state index in [-0.39, 0.29) is 6.54 Å². The quantitative estimate of drug-likeness (QED) is 0.676. The molecule has 3 rings (SSSR count). The molecule has 0 bridgehead atoms. The Labute approximate surface area is 121 Å². The van der Waals surface area contributed by atoms with Gasteiger partial charge in [0.15, 0.2) is 0 Å². The van der Waals surface area contributed by atoms with Crippen molar-refractivity contribution in [2.45, 2.75) is 12.5 Å². The van der Waals surface area contributed by atoms with Gasteiger partial charge in [0.25, 0.3) is 5.91 Å². The summed E-state index contributed by atoms with van der Waals surface area (Å²) >= 11 is 0. The highest BCUT2D eigenvalue weighted by Gasteiger charge is 2.48. The minimum absolute atomic E-state index is 0.242. The fraction of sp³-hybridized carbons (Fsp3) is 0.188. The van der Waals surface area contributed by atoms with Crippen molar-refractivity contribution in [3.8, 4) is 6.07 Å². The van der Waals surface area contributed by atoms with E-state index in [0.29, 0.717) is 5.56 Å². The number of hydrogen-bond acceptors (Lipinski definition) is 3. The van der Waals surface area contributed by atoms with Gasteiger partial charge >= 0.3 is 6.03 Å². The molecule has 0 unspecified atom stereocenters. The molecule has 1 N–H and O–H groups in total. The van der Waals surface area contributed by atoms with Crippen LogP contribution < -0.4 is 5.32 Å². The number of hydrogen-bond donors (Lipinski definition) is 1. The third-order valence-electron chi connectivity index (χ3n) is 3.83. The lowest BCUT2D eigenvalue weighted by atomic mass is 9.90.